The third-order valence-electron chi connectivity index (χ3n) is 1.98. The summed E-state index contributed by atoms with van der Waals surface area (Å²) in [7, 11) is 0. The molecule has 8 heteroatoms. The summed E-state index contributed by atoms with van der Waals surface area (Å²) in [5.41, 5.74) is 5.26. The molecule has 3 amide bonds. The van der Waals surface area contributed by atoms with Crippen molar-refractivity contribution in [2.24, 2.45) is 5.73 Å². The van der Waals surface area contributed by atoms with Crippen molar-refractivity contribution in [3.63, 3.8) is 0 Å². The van der Waals surface area contributed by atoms with Crippen molar-refractivity contribution in [2.75, 3.05) is 18.4 Å². The molecule has 0 bridgehead atoms. The van der Waals surface area contributed by atoms with Crippen LogP contribution in [0, 0.1) is 0 Å². The van der Waals surface area contributed by atoms with Crippen molar-refractivity contribution in [3.05, 3.63) is 18.5 Å². The summed E-state index contributed by atoms with van der Waals surface area (Å²) in [5, 5.41) is 2.19. The van der Waals surface area contributed by atoms with Gasteiger partial charge < -0.3 is 5.73 Å². The van der Waals surface area contributed by atoms with Crippen LogP contribution in [0.1, 0.15) is 6.42 Å². The Kier molecular flexibility index (Phi) is 5.39. The van der Waals surface area contributed by atoms with Crippen LogP contribution in [-0.2, 0) is 14.4 Å². The maximum Gasteiger partial charge on any atom is 0.318 e. The Morgan fingerprint density at radius 3 is 2.61 bits per heavy atom. The smallest absolute Gasteiger partial charge is 0.318 e. The number of carbonyl (C=O) groups is 3. The van der Waals surface area contributed by atoms with E-state index in [4.69, 9.17) is 5.73 Å². The molecule has 18 heavy (non-hydrogen) atoms. The van der Waals surface area contributed by atoms with E-state index in [0.29, 0.717) is 19.4 Å². The number of imide groups is 1. The van der Waals surface area contributed by atoms with E-state index in [1.165, 1.54) is 12.4 Å². The van der Waals surface area contributed by atoms with Gasteiger partial charge in [-0.15, -0.1) is 0 Å². The Morgan fingerprint density at radius 2 is 2.06 bits per heavy atom. The molecule has 0 radical (unpaired) electrons. The first-order valence-electron chi connectivity index (χ1n) is 5.23. The largest absolute Gasteiger partial charge is 0.330 e. The Hall–Kier alpha value is -2.35. The van der Waals surface area contributed by atoms with Gasteiger partial charge in [-0.25, -0.2) is 9.97 Å². The summed E-state index contributed by atoms with van der Waals surface area (Å²) >= 11 is 0. The SMILES string of the molecule is NCCCN(C=O)C(=O)C(=O)Nc1ncccn1. The van der Waals surface area contributed by atoms with Crippen LogP contribution in [0.15, 0.2) is 18.5 Å². The highest BCUT2D eigenvalue weighted by Gasteiger charge is 2.21. The second-order valence-electron chi connectivity index (χ2n) is 3.27. The molecular weight excluding hydrogens is 238 g/mol. The lowest BCUT2D eigenvalue weighted by Gasteiger charge is -2.13. The normalized spacial score (nSPS) is 9.61. The minimum atomic E-state index is -0.967. The summed E-state index contributed by atoms with van der Waals surface area (Å²) in [6, 6.07) is 1.57. The second kappa shape index (κ2) is 7.07. The van der Waals surface area contributed by atoms with E-state index in [2.05, 4.69) is 15.3 Å². The van der Waals surface area contributed by atoms with E-state index < -0.39 is 11.8 Å². The van der Waals surface area contributed by atoms with Crippen LogP contribution in [0.2, 0.25) is 0 Å². The third kappa shape index (κ3) is 3.91. The van der Waals surface area contributed by atoms with Crippen LogP contribution in [0.3, 0.4) is 0 Å². The van der Waals surface area contributed by atoms with Gasteiger partial charge in [-0.3, -0.25) is 24.6 Å². The Balaban J connectivity index is 2.60. The zero-order chi connectivity index (χ0) is 13.4. The van der Waals surface area contributed by atoms with Crippen molar-refractivity contribution in [2.45, 2.75) is 6.42 Å². The highest BCUT2D eigenvalue weighted by molar-refractivity contribution is 6.40. The lowest BCUT2D eigenvalue weighted by Crippen LogP contribution is -2.40. The van der Waals surface area contributed by atoms with Crippen LogP contribution in [-0.4, -0.2) is 46.2 Å². The van der Waals surface area contributed by atoms with Crippen molar-refractivity contribution in [3.8, 4) is 0 Å². The number of aromatic nitrogens is 2. The zero-order valence-corrected chi connectivity index (χ0v) is 9.57. The van der Waals surface area contributed by atoms with Crippen molar-refractivity contribution in [1.82, 2.24) is 14.9 Å². The fraction of sp³-hybridized carbons (Fsp3) is 0.300. The summed E-state index contributed by atoms with van der Waals surface area (Å²) in [6.45, 7) is 0.420. The third-order valence-corrected chi connectivity index (χ3v) is 1.98. The number of nitrogens with two attached hydrogens (primary N) is 1. The van der Waals surface area contributed by atoms with E-state index >= 15 is 0 Å². The van der Waals surface area contributed by atoms with Gasteiger partial charge in [-0.05, 0) is 19.0 Å². The van der Waals surface area contributed by atoms with Gasteiger partial charge in [-0.1, -0.05) is 0 Å². The maximum atomic E-state index is 11.6. The Morgan fingerprint density at radius 1 is 1.39 bits per heavy atom. The number of nitrogens with one attached hydrogen (secondary N) is 1. The monoisotopic (exact) mass is 251 g/mol. The number of carbonyl (C=O) groups excluding carboxylic acids is 3. The van der Waals surface area contributed by atoms with Gasteiger partial charge in [0.15, 0.2) is 0 Å². The second-order valence-corrected chi connectivity index (χ2v) is 3.27. The molecule has 0 aliphatic carbocycles. The van der Waals surface area contributed by atoms with E-state index in [-0.39, 0.29) is 12.5 Å². The quantitative estimate of drug-likeness (QED) is 0.498. The molecule has 0 aromatic carbocycles. The highest BCUT2D eigenvalue weighted by atomic mass is 16.2. The molecule has 0 fully saturated rings. The number of rotatable bonds is 5. The molecule has 0 saturated heterocycles. The van der Waals surface area contributed by atoms with Crippen molar-refractivity contribution in [1.29, 1.82) is 0 Å². The van der Waals surface area contributed by atoms with Crippen molar-refractivity contribution < 1.29 is 14.4 Å². The van der Waals surface area contributed by atoms with Gasteiger partial charge in [0.25, 0.3) is 0 Å². The summed E-state index contributed by atoms with van der Waals surface area (Å²) in [6.07, 6.45) is 3.56. The molecule has 0 aliphatic rings. The van der Waals surface area contributed by atoms with Gasteiger partial charge in [-0.2, -0.15) is 0 Å². The predicted octanol–water partition coefficient (Wildman–Crippen LogP) is -1.25. The first-order chi connectivity index (χ1) is 8.69. The van der Waals surface area contributed by atoms with Crippen LogP contribution in [0.5, 0.6) is 0 Å². The number of hydrogen-bond donors (Lipinski definition) is 2. The van der Waals surface area contributed by atoms with E-state index in [0.717, 1.165) is 4.90 Å². The molecular formula is C10H13N5O3. The van der Waals surface area contributed by atoms with E-state index in [9.17, 15) is 14.4 Å². The molecule has 1 aromatic heterocycles. The number of nitrogens with zero attached hydrogens (tertiary/aromatic N) is 3. The number of hydrogen-bond acceptors (Lipinski definition) is 6. The molecule has 3 N–H and O–H groups in total. The molecule has 0 aliphatic heterocycles. The summed E-state index contributed by atoms with van der Waals surface area (Å²) < 4.78 is 0. The van der Waals surface area contributed by atoms with Crippen LogP contribution >= 0.6 is 0 Å². The Labute approximate surface area is 103 Å². The molecule has 1 rings (SSSR count). The predicted molar refractivity (Wildman–Crippen MR) is 62.1 cm³/mol. The van der Waals surface area contributed by atoms with Crippen LogP contribution in [0.25, 0.3) is 0 Å². The molecule has 0 unspecified atom stereocenters. The van der Waals surface area contributed by atoms with Gasteiger partial charge >= 0.3 is 11.8 Å². The first-order valence-corrected chi connectivity index (χ1v) is 5.23. The summed E-state index contributed by atoms with van der Waals surface area (Å²) in [4.78, 5) is 41.9. The molecule has 0 spiro atoms. The summed E-state index contributed by atoms with van der Waals surface area (Å²) in [5.74, 6) is -1.93. The van der Waals surface area contributed by atoms with Gasteiger partial charge in [0, 0.05) is 18.9 Å². The highest BCUT2D eigenvalue weighted by Crippen LogP contribution is 1.96. The van der Waals surface area contributed by atoms with Crippen LogP contribution in [0.4, 0.5) is 5.95 Å². The fourth-order valence-corrected chi connectivity index (χ4v) is 1.11. The average molecular weight is 251 g/mol. The fourth-order valence-electron chi connectivity index (χ4n) is 1.11. The standard InChI is InChI=1S/C10H13N5O3/c11-3-1-6-15(7-16)9(18)8(17)14-10-12-4-2-5-13-10/h2,4-5,7H,1,3,6,11H2,(H,12,13,14,17). The first kappa shape index (κ1) is 13.7. The Bertz CT molecular complexity index is 423. The maximum absolute atomic E-state index is 11.6. The number of anilines is 1. The topological polar surface area (TPSA) is 118 Å². The molecule has 96 valence electrons. The molecule has 0 atom stereocenters. The zero-order valence-electron chi connectivity index (χ0n) is 9.57. The van der Waals surface area contributed by atoms with E-state index in [1.54, 1.807) is 6.07 Å². The lowest BCUT2D eigenvalue weighted by atomic mass is 10.4. The lowest BCUT2D eigenvalue weighted by molar-refractivity contribution is -0.146. The number of amides is 3. The molecule has 8 nitrogen and oxygen atoms in total. The minimum Gasteiger partial charge on any atom is -0.330 e. The minimum absolute atomic E-state index is 0.000485. The van der Waals surface area contributed by atoms with Gasteiger partial charge in [0.1, 0.15) is 0 Å². The molecule has 1 aromatic rings. The van der Waals surface area contributed by atoms with Gasteiger partial charge in [0.05, 0.1) is 0 Å². The molecule has 0 saturated carbocycles. The van der Waals surface area contributed by atoms with Crippen molar-refractivity contribution >= 4 is 24.2 Å². The van der Waals surface area contributed by atoms with E-state index in [1.807, 2.05) is 0 Å². The van der Waals surface area contributed by atoms with Crippen LogP contribution < -0.4 is 11.1 Å². The van der Waals surface area contributed by atoms with Gasteiger partial charge in [0.2, 0.25) is 12.4 Å². The molecule has 1 heterocycles. The average Bonchev–Trinajstić information content (AvgIpc) is 2.40.